The van der Waals surface area contributed by atoms with Crippen LogP contribution in [0.25, 0.3) is 5.65 Å². The van der Waals surface area contributed by atoms with E-state index < -0.39 is 11.6 Å². The summed E-state index contributed by atoms with van der Waals surface area (Å²) in [6.07, 6.45) is 0.293. The normalized spacial score (nSPS) is 10.8. The molecule has 4 aromatic rings. The highest BCUT2D eigenvalue weighted by atomic mass is 19.1. The van der Waals surface area contributed by atoms with Crippen molar-refractivity contribution in [1.82, 2.24) is 25.1 Å². The van der Waals surface area contributed by atoms with Gasteiger partial charge in [-0.1, -0.05) is 12.1 Å². The number of nitrogens with zero attached hydrogens (tertiary/aromatic N) is 4. The fourth-order valence-corrected chi connectivity index (χ4v) is 2.88. The van der Waals surface area contributed by atoms with Crippen molar-refractivity contribution in [3.05, 3.63) is 77.4 Å². The quantitative estimate of drug-likeness (QED) is 0.482. The van der Waals surface area contributed by atoms with E-state index in [0.717, 1.165) is 0 Å². The van der Waals surface area contributed by atoms with Crippen molar-refractivity contribution in [1.29, 1.82) is 0 Å². The molecule has 0 spiro atoms. The number of carbonyl (C=O) groups is 1. The first-order valence-corrected chi connectivity index (χ1v) is 8.81. The SMILES string of the molecule is CNC(=O)c1cccc(Nc2ccc3nnc(Cc4ccc(O)c(F)c4)n3n2)c1. The predicted octanol–water partition coefficient (Wildman–Crippen LogP) is 2.66. The van der Waals surface area contributed by atoms with Crippen LogP contribution in [0.4, 0.5) is 15.9 Å². The van der Waals surface area contributed by atoms with Crippen LogP contribution in [0.1, 0.15) is 21.7 Å². The number of nitrogens with one attached hydrogen (secondary N) is 2. The zero-order valence-corrected chi connectivity index (χ0v) is 15.4. The number of hydrogen-bond donors (Lipinski definition) is 3. The molecule has 8 nitrogen and oxygen atoms in total. The van der Waals surface area contributed by atoms with Gasteiger partial charge in [0.05, 0.1) is 0 Å². The van der Waals surface area contributed by atoms with Gasteiger partial charge in [0, 0.05) is 24.7 Å². The van der Waals surface area contributed by atoms with Gasteiger partial charge in [0.1, 0.15) is 0 Å². The van der Waals surface area contributed by atoms with Crippen LogP contribution >= 0.6 is 0 Å². The minimum Gasteiger partial charge on any atom is -0.505 e. The fourth-order valence-electron chi connectivity index (χ4n) is 2.88. The second-order valence-electron chi connectivity index (χ2n) is 6.35. The smallest absolute Gasteiger partial charge is 0.251 e. The number of aromatic nitrogens is 4. The second kappa shape index (κ2) is 7.55. The van der Waals surface area contributed by atoms with Gasteiger partial charge >= 0.3 is 0 Å². The Balaban J connectivity index is 1.61. The molecule has 9 heteroatoms. The van der Waals surface area contributed by atoms with Crippen LogP contribution in [0.2, 0.25) is 0 Å². The molecule has 1 amide bonds. The maximum absolute atomic E-state index is 13.6. The molecule has 2 heterocycles. The van der Waals surface area contributed by atoms with Gasteiger partial charge < -0.3 is 15.7 Å². The number of benzene rings is 2. The molecule has 0 saturated carbocycles. The molecule has 0 bridgehead atoms. The topological polar surface area (TPSA) is 104 Å². The summed E-state index contributed by atoms with van der Waals surface area (Å²) in [5.41, 5.74) is 2.41. The van der Waals surface area contributed by atoms with E-state index in [2.05, 4.69) is 25.9 Å². The molecule has 2 aromatic carbocycles. The lowest BCUT2D eigenvalue weighted by atomic mass is 10.1. The first-order valence-electron chi connectivity index (χ1n) is 8.81. The summed E-state index contributed by atoms with van der Waals surface area (Å²) in [7, 11) is 1.57. The molecule has 0 aliphatic rings. The van der Waals surface area contributed by atoms with E-state index in [1.54, 1.807) is 48.0 Å². The summed E-state index contributed by atoms with van der Waals surface area (Å²) in [6, 6.07) is 14.7. The van der Waals surface area contributed by atoms with Crippen molar-refractivity contribution in [3.63, 3.8) is 0 Å². The van der Waals surface area contributed by atoms with Gasteiger partial charge in [0.2, 0.25) is 0 Å². The van der Waals surface area contributed by atoms with Gasteiger partial charge in [-0.25, -0.2) is 4.39 Å². The van der Waals surface area contributed by atoms with Crippen molar-refractivity contribution in [2.45, 2.75) is 6.42 Å². The van der Waals surface area contributed by atoms with Crippen molar-refractivity contribution >= 4 is 23.1 Å². The Labute approximate surface area is 165 Å². The first-order chi connectivity index (χ1) is 14.0. The fraction of sp³-hybridized carbons (Fsp3) is 0.100. The number of carbonyl (C=O) groups excluding carboxylic acids is 1. The van der Waals surface area contributed by atoms with Crippen molar-refractivity contribution < 1.29 is 14.3 Å². The standard InChI is InChI=1S/C20H17FN6O2/c1-22-20(29)13-3-2-4-14(11-13)23-17-7-8-18-24-25-19(27(18)26-17)10-12-5-6-16(28)15(21)9-12/h2-9,11,28H,10H2,1H3,(H,22,29)(H,23,26). The van der Waals surface area contributed by atoms with E-state index in [-0.39, 0.29) is 5.91 Å². The van der Waals surface area contributed by atoms with Crippen LogP contribution in [0.3, 0.4) is 0 Å². The largest absolute Gasteiger partial charge is 0.505 e. The van der Waals surface area contributed by atoms with Crippen molar-refractivity contribution in [2.75, 3.05) is 12.4 Å². The number of aromatic hydroxyl groups is 1. The van der Waals surface area contributed by atoms with Gasteiger partial charge in [-0.15, -0.1) is 15.3 Å². The van der Waals surface area contributed by atoms with Crippen LogP contribution < -0.4 is 10.6 Å². The summed E-state index contributed by atoms with van der Waals surface area (Å²) in [6.45, 7) is 0. The number of halogens is 1. The second-order valence-corrected chi connectivity index (χ2v) is 6.35. The van der Waals surface area contributed by atoms with Gasteiger partial charge in [-0.3, -0.25) is 4.79 Å². The van der Waals surface area contributed by atoms with E-state index in [9.17, 15) is 14.3 Å². The zero-order valence-electron chi connectivity index (χ0n) is 15.4. The van der Waals surface area contributed by atoms with E-state index in [1.165, 1.54) is 12.1 Å². The van der Waals surface area contributed by atoms with E-state index in [4.69, 9.17) is 0 Å². The number of phenols is 1. The Bertz CT molecular complexity index is 1210. The number of anilines is 2. The van der Waals surface area contributed by atoms with Crippen LogP contribution in [0.5, 0.6) is 5.75 Å². The van der Waals surface area contributed by atoms with E-state index >= 15 is 0 Å². The molecular formula is C20H17FN6O2. The highest BCUT2D eigenvalue weighted by molar-refractivity contribution is 5.95. The third kappa shape index (κ3) is 3.84. The molecule has 2 aromatic heterocycles. The van der Waals surface area contributed by atoms with Crippen molar-refractivity contribution in [2.24, 2.45) is 0 Å². The Morgan fingerprint density at radius 3 is 2.79 bits per heavy atom. The summed E-state index contributed by atoms with van der Waals surface area (Å²) in [5.74, 6) is -0.220. The molecule has 0 aliphatic carbocycles. The van der Waals surface area contributed by atoms with Crippen LogP contribution in [0.15, 0.2) is 54.6 Å². The lowest BCUT2D eigenvalue weighted by molar-refractivity contribution is 0.0963. The van der Waals surface area contributed by atoms with Gasteiger partial charge in [-0.05, 0) is 48.0 Å². The van der Waals surface area contributed by atoms with Gasteiger partial charge in [0.25, 0.3) is 5.91 Å². The summed E-state index contributed by atoms with van der Waals surface area (Å²) in [4.78, 5) is 11.8. The molecule has 0 atom stereocenters. The highest BCUT2D eigenvalue weighted by Crippen LogP contribution is 2.20. The first kappa shape index (κ1) is 18.4. The Kier molecular flexibility index (Phi) is 4.78. The summed E-state index contributed by atoms with van der Waals surface area (Å²) >= 11 is 0. The lowest BCUT2D eigenvalue weighted by Crippen LogP contribution is -2.17. The van der Waals surface area contributed by atoms with Crippen LogP contribution in [0, 0.1) is 5.82 Å². The lowest BCUT2D eigenvalue weighted by Gasteiger charge is -2.08. The van der Waals surface area contributed by atoms with Gasteiger partial charge in [-0.2, -0.15) is 4.52 Å². The third-order valence-electron chi connectivity index (χ3n) is 4.33. The molecule has 0 fully saturated rings. The molecule has 0 radical (unpaired) electrons. The molecule has 0 aliphatic heterocycles. The molecule has 0 unspecified atom stereocenters. The third-order valence-corrected chi connectivity index (χ3v) is 4.33. The van der Waals surface area contributed by atoms with Crippen molar-refractivity contribution in [3.8, 4) is 5.75 Å². The molecule has 3 N–H and O–H groups in total. The maximum atomic E-state index is 13.6. The molecule has 4 rings (SSSR count). The molecule has 146 valence electrons. The minimum absolute atomic E-state index is 0.181. The number of amides is 1. The molecule has 29 heavy (non-hydrogen) atoms. The van der Waals surface area contributed by atoms with E-state index in [1.807, 2.05) is 6.07 Å². The Morgan fingerprint density at radius 1 is 1.14 bits per heavy atom. The zero-order chi connectivity index (χ0) is 20.4. The predicted molar refractivity (Wildman–Crippen MR) is 105 cm³/mol. The number of fused-ring (bicyclic) bond motifs is 1. The molecule has 0 saturated heterocycles. The van der Waals surface area contributed by atoms with Gasteiger partial charge in [0.15, 0.2) is 28.9 Å². The average molecular weight is 392 g/mol. The average Bonchev–Trinajstić information content (AvgIpc) is 3.12. The Morgan fingerprint density at radius 2 is 2.00 bits per heavy atom. The summed E-state index contributed by atoms with van der Waals surface area (Å²) < 4.78 is 15.2. The summed E-state index contributed by atoms with van der Waals surface area (Å²) in [5, 5.41) is 27.8. The number of rotatable bonds is 5. The monoisotopic (exact) mass is 392 g/mol. The van der Waals surface area contributed by atoms with E-state index in [0.29, 0.717) is 40.5 Å². The van der Waals surface area contributed by atoms with Crippen LogP contribution in [-0.2, 0) is 6.42 Å². The maximum Gasteiger partial charge on any atom is 0.251 e. The van der Waals surface area contributed by atoms with Crippen LogP contribution in [-0.4, -0.2) is 37.9 Å². The number of hydrogen-bond acceptors (Lipinski definition) is 6. The minimum atomic E-state index is -0.692. The number of phenolic OH excluding ortho intramolecular Hbond substituents is 1. The molecular weight excluding hydrogens is 375 g/mol. The highest BCUT2D eigenvalue weighted by Gasteiger charge is 2.11. The Hall–Kier alpha value is -4.01.